The van der Waals surface area contributed by atoms with Crippen molar-refractivity contribution < 1.29 is 0 Å². The van der Waals surface area contributed by atoms with Gasteiger partial charge in [0.15, 0.2) is 5.96 Å². The number of aliphatic imine (C=N–C) groups is 1. The lowest BCUT2D eigenvalue weighted by atomic mass is 9.90. The highest BCUT2D eigenvalue weighted by Crippen LogP contribution is 2.21. The zero-order chi connectivity index (χ0) is 15.6. The maximum absolute atomic E-state index is 4.24. The molecule has 5 nitrogen and oxygen atoms in total. The van der Waals surface area contributed by atoms with Gasteiger partial charge in [-0.05, 0) is 30.7 Å². The number of nitrogens with zero attached hydrogens (tertiary/aromatic N) is 3. The van der Waals surface area contributed by atoms with Gasteiger partial charge >= 0.3 is 0 Å². The second-order valence-electron chi connectivity index (χ2n) is 6.57. The number of aryl methyl sites for hydroxylation is 1. The minimum absolute atomic E-state index is 0.437. The summed E-state index contributed by atoms with van der Waals surface area (Å²) in [5, 5.41) is 10.9. The molecule has 0 aromatic carbocycles. The number of nitrogens with one attached hydrogen (secondary N) is 2. The standard InChI is InChI=1S/C16H31N5/c1-16(2,3)9-5-6-10-18-15(17-4)19-11-7-13-21-14-8-12-20-21/h8,12,14H,5-7,9-11,13H2,1-4H3,(H2,17,18,19). The van der Waals surface area contributed by atoms with E-state index in [9.17, 15) is 0 Å². The van der Waals surface area contributed by atoms with E-state index in [1.54, 1.807) is 0 Å². The number of rotatable bonds is 8. The van der Waals surface area contributed by atoms with E-state index in [-0.39, 0.29) is 0 Å². The lowest BCUT2D eigenvalue weighted by Gasteiger charge is -2.18. The summed E-state index contributed by atoms with van der Waals surface area (Å²) in [6.07, 6.45) is 8.54. The predicted molar refractivity (Wildman–Crippen MR) is 89.5 cm³/mol. The number of hydrogen-bond donors (Lipinski definition) is 2. The molecule has 0 atom stereocenters. The lowest BCUT2D eigenvalue weighted by molar-refractivity contribution is 0.360. The van der Waals surface area contributed by atoms with Crippen molar-refractivity contribution in [3.05, 3.63) is 18.5 Å². The molecule has 0 aliphatic carbocycles. The van der Waals surface area contributed by atoms with Crippen LogP contribution < -0.4 is 10.6 Å². The monoisotopic (exact) mass is 293 g/mol. The van der Waals surface area contributed by atoms with Gasteiger partial charge in [0.1, 0.15) is 0 Å². The summed E-state index contributed by atoms with van der Waals surface area (Å²) in [7, 11) is 1.82. The third-order valence-electron chi connectivity index (χ3n) is 3.29. The summed E-state index contributed by atoms with van der Waals surface area (Å²) >= 11 is 0. The van der Waals surface area contributed by atoms with E-state index >= 15 is 0 Å². The second kappa shape index (κ2) is 9.42. The van der Waals surface area contributed by atoms with E-state index in [2.05, 4.69) is 41.5 Å². The molecule has 0 saturated carbocycles. The van der Waals surface area contributed by atoms with Gasteiger partial charge in [-0.1, -0.05) is 27.2 Å². The highest BCUT2D eigenvalue weighted by Gasteiger charge is 2.08. The molecule has 5 heteroatoms. The summed E-state index contributed by atoms with van der Waals surface area (Å²) in [5.74, 6) is 0.895. The molecule has 1 rings (SSSR count). The van der Waals surface area contributed by atoms with Crippen molar-refractivity contribution in [2.24, 2.45) is 10.4 Å². The van der Waals surface area contributed by atoms with Crippen molar-refractivity contribution in [1.82, 2.24) is 20.4 Å². The molecule has 2 N–H and O–H groups in total. The number of aromatic nitrogens is 2. The Hall–Kier alpha value is -1.52. The molecule has 0 unspecified atom stereocenters. The van der Waals surface area contributed by atoms with Crippen LogP contribution in [0.25, 0.3) is 0 Å². The summed E-state index contributed by atoms with van der Waals surface area (Å²) in [5.41, 5.74) is 0.437. The van der Waals surface area contributed by atoms with E-state index in [1.807, 2.05) is 30.2 Å². The van der Waals surface area contributed by atoms with Crippen molar-refractivity contribution in [3.63, 3.8) is 0 Å². The first-order valence-corrected chi connectivity index (χ1v) is 7.93. The van der Waals surface area contributed by atoms with Gasteiger partial charge < -0.3 is 10.6 Å². The van der Waals surface area contributed by atoms with Gasteiger partial charge in [0.2, 0.25) is 0 Å². The van der Waals surface area contributed by atoms with Gasteiger partial charge in [-0.25, -0.2) is 0 Å². The molecule has 0 saturated heterocycles. The van der Waals surface area contributed by atoms with Crippen LogP contribution >= 0.6 is 0 Å². The van der Waals surface area contributed by atoms with E-state index in [0.29, 0.717) is 5.41 Å². The maximum Gasteiger partial charge on any atom is 0.190 e. The first-order valence-electron chi connectivity index (χ1n) is 7.93. The summed E-state index contributed by atoms with van der Waals surface area (Å²) in [6.45, 7) is 9.70. The lowest BCUT2D eigenvalue weighted by Crippen LogP contribution is -2.38. The van der Waals surface area contributed by atoms with E-state index in [4.69, 9.17) is 0 Å². The molecular weight excluding hydrogens is 262 g/mol. The second-order valence-corrected chi connectivity index (χ2v) is 6.57. The molecule has 0 fully saturated rings. The van der Waals surface area contributed by atoms with Crippen molar-refractivity contribution in [2.75, 3.05) is 20.1 Å². The van der Waals surface area contributed by atoms with Gasteiger partial charge in [-0.15, -0.1) is 0 Å². The molecule has 0 spiro atoms. The summed E-state index contributed by atoms with van der Waals surface area (Å²) in [4.78, 5) is 4.24. The third-order valence-corrected chi connectivity index (χ3v) is 3.29. The summed E-state index contributed by atoms with van der Waals surface area (Å²) in [6, 6.07) is 1.95. The van der Waals surface area contributed by atoms with Crippen molar-refractivity contribution >= 4 is 5.96 Å². The van der Waals surface area contributed by atoms with Crippen LogP contribution in [0.4, 0.5) is 0 Å². The van der Waals surface area contributed by atoms with Crippen molar-refractivity contribution in [3.8, 4) is 0 Å². The van der Waals surface area contributed by atoms with Crippen molar-refractivity contribution in [1.29, 1.82) is 0 Å². The molecule has 120 valence electrons. The molecule has 0 amide bonds. The Balaban J connectivity index is 2.04. The molecule has 21 heavy (non-hydrogen) atoms. The normalized spacial score (nSPS) is 12.5. The largest absolute Gasteiger partial charge is 0.356 e. The Morgan fingerprint density at radius 2 is 1.86 bits per heavy atom. The van der Waals surface area contributed by atoms with E-state index < -0.39 is 0 Å². The number of hydrogen-bond acceptors (Lipinski definition) is 2. The van der Waals surface area contributed by atoms with Crippen LogP contribution in [0.3, 0.4) is 0 Å². The number of guanidine groups is 1. The average Bonchev–Trinajstić information content (AvgIpc) is 2.92. The zero-order valence-corrected chi connectivity index (χ0v) is 14.0. The molecule has 1 heterocycles. The summed E-state index contributed by atoms with van der Waals surface area (Å²) < 4.78 is 1.95. The van der Waals surface area contributed by atoms with Gasteiger partial charge in [0.05, 0.1) is 0 Å². The van der Waals surface area contributed by atoms with Crippen LogP contribution in [0.1, 0.15) is 46.5 Å². The Kier molecular flexibility index (Phi) is 7.87. The van der Waals surface area contributed by atoms with Crippen LogP contribution in [0, 0.1) is 5.41 Å². The predicted octanol–water partition coefficient (Wildman–Crippen LogP) is 2.65. The molecule has 0 radical (unpaired) electrons. The fourth-order valence-corrected chi connectivity index (χ4v) is 2.09. The first-order chi connectivity index (χ1) is 10.0. The first kappa shape index (κ1) is 17.5. The fraction of sp³-hybridized carbons (Fsp3) is 0.750. The van der Waals surface area contributed by atoms with Gasteiger partial charge in [0.25, 0.3) is 0 Å². The van der Waals surface area contributed by atoms with Crippen LogP contribution in [-0.4, -0.2) is 35.9 Å². The fourth-order valence-electron chi connectivity index (χ4n) is 2.09. The smallest absolute Gasteiger partial charge is 0.190 e. The van der Waals surface area contributed by atoms with Crippen LogP contribution in [0.5, 0.6) is 0 Å². The Morgan fingerprint density at radius 1 is 1.14 bits per heavy atom. The molecule has 0 aliphatic rings. The van der Waals surface area contributed by atoms with Crippen LogP contribution in [0.15, 0.2) is 23.5 Å². The zero-order valence-electron chi connectivity index (χ0n) is 14.0. The highest BCUT2D eigenvalue weighted by molar-refractivity contribution is 5.79. The topological polar surface area (TPSA) is 54.2 Å². The maximum atomic E-state index is 4.24. The SMILES string of the molecule is CN=C(NCCCCC(C)(C)C)NCCCn1cccn1. The Bertz CT molecular complexity index is 389. The van der Waals surface area contributed by atoms with Gasteiger partial charge in [-0.3, -0.25) is 9.67 Å². The van der Waals surface area contributed by atoms with Gasteiger partial charge in [0, 0.05) is 39.1 Å². The van der Waals surface area contributed by atoms with Crippen LogP contribution in [-0.2, 0) is 6.54 Å². The molecule has 1 aromatic heterocycles. The van der Waals surface area contributed by atoms with Crippen LogP contribution in [0.2, 0.25) is 0 Å². The third kappa shape index (κ3) is 9.10. The molecule has 0 aliphatic heterocycles. The minimum Gasteiger partial charge on any atom is -0.356 e. The highest BCUT2D eigenvalue weighted by atomic mass is 15.3. The minimum atomic E-state index is 0.437. The quantitative estimate of drug-likeness (QED) is 0.440. The average molecular weight is 293 g/mol. The Labute approximate surface area is 129 Å². The molecule has 1 aromatic rings. The molecular formula is C16H31N5. The van der Waals surface area contributed by atoms with Gasteiger partial charge in [-0.2, -0.15) is 5.10 Å². The molecule has 0 bridgehead atoms. The Morgan fingerprint density at radius 3 is 2.43 bits per heavy atom. The number of unbranched alkanes of at least 4 members (excludes halogenated alkanes) is 1. The van der Waals surface area contributed by atoms with E-state index in [1.165, 1.54) is 19.3 Å². The van der Waals surface area contributed by atoms with E-state index in [0.717, 1.165) is 32.0 Å². The van der Waals surface area contributed by atoms with Crippen molar-refractivity contribution in [2.45, 2.75) is 53.0 Å².